The molecule has 19 heavy (non-hydrogen) atoms. The third-order valence-electron chi connectivity index (χ3n) is 2.47. The average molecular weight is 324 g/mol. The second kappa shape index (κ2) is 5.93. The van der Waals surface area contributed by atoms with Crippen LogP contribution < -0.4 is 4.74 Å². The summed E-state index contributed by atoms with van der Waals surface area (Å²) in [6.45, 7) is 2.34. The molecule has 2 aromatic rings. The van der Waals surface area contributed by atoms with Gasteiger partial charge < -0.3 is 4.74 Å². The Hall–Kier alpha value is -1.75. The zero-order valence-electron chi connectivity index (χ0n) is 10.2. The first kappa shape index (κ1) is 13.7. The Bertz CT molecular complexity index is 616. The van der Waals surface area contributed by atoms with Crippen molar-refractivity contribution in [2.45, 2.75) is 6.92 Å². The van der Waals surface area contributed by atoms with Crippen LogP contribution >= 0.6 is 15.9 Å². The molecule has 0 aliphatic carbocycles. The summed E-state index contributed by atoms with van der Waals surface area (Å²) in [6, 6.07) is 5.85. The van der Waals surface area contributed by atoms with Gasteiger partial charge in [-0.05, 0) is 47.1 Å². The summed E-state index contributed by atoms with van der Waals surface area (Å²) in [6.07, 6.45) is 2.97. The van der Waals surface area contributed by atoms with Gasteiger partial charge in [0, 0.05) is 17.3 Å². The molecule has 0 saturated carbocycles. The summed E-state index contributed by atoms with van der Waals surface area (Å²) in [7, 11) is 0. The summed E-state index contributed by atoms with van der Waals surface area (Å²) in [5.74, 6) is -0.244. The summed E-state index contributed by atoms with van der Waals surface area (Å²) in [5, 5.41) is 0. The first-order valence-corrected chi connectivity index (χ1v) is 6.48. The molecule has 0 radical (unpaired) electrons. The van der Waals surface area contributed by atoms with Crippen molar-refractivity contribution in [2.75, 3.05) is 6.61 Å². The van der Waals surface area contributed by atoms with E-state index in [0.29, 0.717) is 22.4 Å². The lowest BCUT2D eigenvalue weighted by Crippen LogP contribution is -2.03. The van der Waals surface area contributed by atoms with E-state index < -0.39 is 5.82 Å². The number of ether oxygens (including phenoxy) is 1. The van der Waals surface area contributed by atoms with E-state index >= 15 is 0 Å². The monoisotopic (exact) mass is 323 g/mol. The molecule has 0 unspecified atom stereocenters. The molecule has 0 saturated heterocycles. The molecule has 0 bridgehead atoms. The van der Waals surface area contributed by atoms with E-state index in [4.69, 9.17) is 4.74 Å². The predicted molar refractivity (Wildman–Crippen MR) is 72.9 cm³/mol. The minimum Gasteiger partial charge on any atom is -0.492 e. The van der Waals surface area contributed by atoms with Crippen molar-refractivity contribution in [2.24, 2.45) is 0 Å². The molecule has 5 heteroatoms. The summed E-state index contributed by atoms with van der Waals surface area (Å²) < 4.78 is 19.0. The number of hydrogen-bond donors (Lipinski definition) is 0. The van der Waals surface area contributed by atoms with Crippen molar-refractivity contribution < 1.29 is 13.9 Å². The summed E-state index contributed by atoms with van der Waals surface area (Å²) in [5.41, 5.74) is 0.642. The lowest BCUT2D eigenvalue weighted by atomic mass is 10.1. The largest absolute Gasteiger partial charge is 0.492 e. The molecule has 98 valence electrons. The molecule has 0 spiro atoms. The smallest absolute Gasteiger partial charge is 0.194 e. The molecular formula is C14H11BrFNO2. The second-order valence-corrected chi connectivity index (χ2v) is 4.65. The lowest BCUT2D eigenvalue weighted by Gasteiger charge is -2.05. The van der Waals surface area contributed by atoms with Gasteiger partial charge in [-0.2, -0.15) is 0 Å². The number of nitrogens with zero attached hydrogens (tertiary/aromatic N) is 1. The van der Waals surface area contributed by atoms with E-state index in [1.165, 1.54) is 24.5 Å². The van der Waals surface area contributed by atoms with Gasteiger partial charge in [-0.1, -0.05) is 0 Å². The van der Waals surface area contributed by atoms with Crippen molar-refractivity contribution in [3.63, 3.8) is 0 Å². The number of pyridine rings is 1. The Kier molecular flexibility index (Phi) is 4.27. The maximum absolute atomic E-state index is 13.4. The van der Waals surface area contributed by atoms with Gasteiger partial charge >= 0.3 is 0 Å². The highest BCUT2D eigenvalue weighted by Crippen LogP contribution is 2.20. The first-order valence-electron chi connectivity index (χ1n) is 5.69. The number of hydrogen-bond acceptors (Lipinski definition) is 3. The van der Waals surface area contributed by atoms with E-state index in [-0.39, 0.29) is 11.3 Å². The molecule has 0 atom stereocenters. The number of halogens is 2. The topological polar surface area (TPSA) is 39.2 Å². The van der Waals surface area contributed by atoms with Crippen LogP contribution in [-0.2, 0) is 0 Å². The number of rotatable bonds is 4. The fraction of sp³-hybridized carbons (Fsp3) is 0.143. The number of carbonyl (C=O) groups excluding carboxylic acids is 1. The van der Waals surface area contributed by atoms with Crippen LogP contribution in [0.15, 0.2) is 41.1 Å². The zero-order chi connectivity index (χ0) is 13.8. The van der Waals surface area contributed by atoms with Crippen LogP contribution in [0.1, 0.15) is 22.8 Å². The van der Waals surface area contributed by atoms with Crippen molar-refractivity contribution in [3.05, 3.63) is 58.1 Å². The molecule has 0 fully saturated rings. The normalized spacial score (nSPS) is 10.3. The Labute approximate surface area is 118 Å². The average Bonchev–Trinajstić information content (AvgIpc) is 2.42. The minimum atomic E-state index is -0.472. The standard InChI is InChI=1S/C14H11BrFNO2/c1-2-19-11-5-10(7-17-8-11)14(18)9-3-4-12(15)13(16)6-9/h3-8H,2H2,1H3. The third kappa shape index (κ3) is 3.17. The molecule has 3 nitrogen and oxygen atoms in total. The fourth-order valence-electron chi connectivity index (χ4n) is 1.59. The fourth-order valence-corrected chi connectivity index (χ4v) is 1.84. The molecule has 1 aromatic heterocycles. The zero-order valence-corrected chi connectivity index (χ0v) is 11.8. The first-order chi connectivity index (χ1) is 9.11. The van der Waals surface area contributed by atoms with Crippen molar-refractivity contribution in [3.8, 4) is 5.75 Å². The van der Waals surface area contributed by atoms with Gasteiger partial charge in [0.15, 0.2) is 5.78 Å². The van der Waals surface area contributed by atoms with Gasteiger partial charge in [0.05, 0.1) is 17.3 Å². The second-order valence-electron chi connectivity index (χ2n) is 3.80. The van der Waals surface area contributed by atoms with Gasteiger partial charge in [-0.25, -0.2) is 4.39 Å². The van der Waals surface area contributed by atoms with Crippen molar-refractivity contribution >= 4 is 21.7 Å². The van der Waals surface area contributed by atoms with Crippen molar-refractivity contribution in [1.82, 2.24) is 4.98 Å². The van der Waals surface area contributed by atoms with Crippen molar-refractivity contribution in [1.29, 1.82) is 0 Å². The van der Waals surface area contributed by atoms with E-state index in [1.54, 1.807) is 12.1 Å². The number of carbonyl (C=O) groups is 1. The number of benzene rings is 1. The Morgan fingerprint density at radius 2 is 2.11 bits per heavy atom. The van der Waals surface area contributed by atoms with Crippen LogP contribution in [-0.4, -0.2) is 17.4 Å². The van der Waals surface area contributed by atoms with Gasteiger partial charge in [0.1, 0.15) is 11.6 Å². The number of ketones is 1. The van der Waals surface area contributed by atoms with E-state index in [0.717, 1.165) is 0 Å². The molecule has 0 amide bonds. The highest BCUT2D eigenvalue weighted by atomic mass is 79.9. The van der Waals surface area contributed by atoms with E-state index in [9.17, 15) is 9.18 Å². The maximum Gasteiger partial charge on any atom is 0.194 e. The van der Waals surface area contributed by atoms with Gasteiger partial charge in [0.2, 0.25) is 0 Å². The molecule has 0 N–H and O–H groups in total. The molecular weight excluding hydrogens is 313 g/mol. The van der Waals surface area contributed by atoms with Crippen LogP contribution in [0.3, 0.4) is 0 Å². The molecule has 2 rings (SSSR count). The van der Waals surface area contributed by atoms with Crippen LogP contribution in [0.5, 0.6) is 5.75 Å². The SMILES string of the molecule is CCOc1cncc(C(=O)c2ccc(Br)c(F)c2)c1. The quantitative estimate of drug-likeness (QED) is 0.807. The van der Waals surface area contributed by atoms with Gasteiger partial charge in [-0.15, -0.1) is 0 Å². The third-order valence-corrected chi connectivity index (χ3v) is 3.11. The molecule has 0 aliphatic rings. The Morgan fingerprint density at radius 1 is 1.32 bits per heavy atom. The number of aromatic nitrogens is 1. The predicted octanol–water partition coefficient (Wildman–Crippen LogP) is 3.61. The molecule has 1 heterocycles. The maximum atomic E-state index is 13.4. The summed E-state index contributed by atoms with van der Waals surface area (Å²) in [4.78, 5) is 16.1. The Balaban J connectivity index is 2.32. The van der Waals surface area contributed by atoms with E-state index in [2.05, 4.69) is 20.9 Å². The van der Waals surface area contributed by atoms with Crippen LogP contribution in [0.4, 0.5) is 4.39 Å². The minimum absolute atomic E-state index is 0.274. The van der Waals surface area contributed by atoms with Crippen LogP contribution in [0.2, 0.25) is 0 Å². The van der Waals surface area contributed by atoms with Crippen LogP contribution in [0, 0.1) is 5.82 Å². The van der Waals surface area contributed by atoms with E-state index in [1.807, 2.05) is 6.92 Å². The molecule has 0 aliphatic heterocycles. The van der Waals surface area contributed by atoms with Gasteiger partial charge in [-0.3, -0.25) is 9.78 Å². The Morgan fingerprint density at radius 3 is 2.79 bits per heavy atom. The highest BCUT2D eigenvalue weighted by molar-refractivity contribution is 9.10. The summed E-state index contributed by atoms with van der Waals surface area (Å²) >= 11 is 3.05. The molecule has 1 aromatic carbocycles. The van der Waals surface area contributed by atoms with Crippen LogP contribution in [0.25, 0.3) is 0 Å². The van der Waals surface area contributed by atoms with Gasteiger partial charge in [0.25, 0.3) is 0 Å². The highest BCUT2D eigenvalue weighted by Gasteiger charge is 2.12. The lowest BCUT2D eigenvalue weighted by molar-refractivity contribution is 0.103.